The molecule has 8 nitrogen and oxygen atoms in total. The van der Waals surface area contributed by atoms with E-state index in [9.17, 15) is 4.79 Å². The Kier molecular flexibility index (Phi) is 10.3. The monoisotopic (exact) mass is 526 g/mol. The number of aryl methyl sites for hydroxylation is 2. The standard InChI is InChI=1S/C14H19N5OS.C6H5Cl.C6H7NO/c1-6-8(3)21-14-12(6)7(2)18-10(5-11(16)20)13(17)19(14)9(4)15;7-6-4-2-1-3-5-6;1-5-2-3-6(4-7)8-5/h10,15,17H,5H2,1-4H3,(H2,16,20);1-5H;2-4,7H,1H3/t10-;;/m0../s1. The lowest BCUT2D eigenvalue weighted by molar-refractivity contribution is -0.118. The first-order chi connectivity index (χ1) is 17.0. The normalized spacial score (nSPS) is 14.3. The van der Waals surface area contributed by atoms with Crippen LogP contribution in [-0.4, -0.2) is 35.5 Å². The summed E-state index contributed by atoms with van der Waals surface area (Å²) in [6, 6.07) is 12.4. The summed E-state index contributed by atoms with van der Waals surface area (Å²) in [4.78, 5) is 18.4. The van der Waals surface area contributed by atoms with E-state index in [1.807, 2.05) is 64.1 Å². The quantitative estimate of drug-likeness (QED) is 0.240. The van der Waals surface area contributed by atoms with Gasteiger partial charge in [-0.1, -0.05) is 29.8 Å². The van der Waals surface area contributed by atoms with Gasteiger partial charge >= 0.3 is 0 Å². The maximum atomic E-state index is 11.2. The third-order valence-corrected chi connectivity index (χ3v) is 6.65. The van der Waals surface area contributed by atoms with Gasteiger partial charge in [-0.25, -0.2) is 0 Å². The van der Waals surface area contributed by atoms with Gasteiger partial charge in [-0.05, 0) is 64.4 Å². The number of hydrogen-bond donors (Lipinski definition) is 4. The molecule has 3 aromatic rings. The smallest absolute Gasteiger partial charge is 0.220 e. The van der Waals surface area contributed by atoms with E-state index < -0.39 is 11.9 Å². The maximum absolute atomic E-state index is 11.2. The van der Waals surface area contributed by atoms with Gasteiger partial charge in [0.1, 0.15) is 34.2 Å². The number of benzene rings is 1. The topological polar surface area (TPSA) is 143 Å². The average molecular weight is 527 g/mol. The summed E-state index contributed by atoms with van der Waals surface area (Å²) in [6.45, 7) is 9.39. The van der Waals surface area contributed by atoms with Gasteiger partial charge in [0.25, 0.3) is 0 Å². The molecule has 4 rings (SSSR count). The molecule has 0 saturated carbocycles. The van der Waals surface area contributed by atoms with Crippen molar-refractivity contribution in [2.45, 2.75) is 47.1 Å². The number of hydrogen-bond acceptors (Lipinski definition) is 7. The number of thiophene rings is 1. The first-order valence-electron chi connectivity index (χ1n) is 11.1. The van der Waals surface area contributed by atoms with Crippen LogP contribution in [-0.2, 0) is 4.79 Å². The predicted molar refractivity (Wildman–Crippen MR) is 150 cm³/mol. The second-order valence-electron chi connectivity index (χ2n) is 8.06. The van der Waals surface area contributed by atoms with Crippen molar-refractivity contribution in [2.75, 3.05) is 4.90 Å². The fourth-order valence-electron chi connectivity index (χ4n) is 3.42. The SMILES string of the molecule is CC(=N)N1C(=N)[C@H](CC(N)=O)N=C(C)c2c1sc(C)c2C.Cc1ccc(C=N)o1.Clc1ccccc1. The summed E-state index contributed by atoms with van der Waals surface area (Å²) in [5, 5.41) is 24.7. The number of carbonyl (C=O) groups is 1. The lowest BCUT2D eigenvalue weighted by Gasteiger charge is -2.24. The van der Waals surface area contributed by atoms with Crippen LogP contribution in [0.25, 0.3) is 0 Å². The molecule has 5 N–H and O–H groups in total. The molecule has 1 aliphatic rings. The van der Waals surface area contributed by atoms with Crippen LogP contribution in [0.5, 0.6) is 0 Å². The van der Waals surface area contributed by atoms with Crippen molar-refractivity contribution in [2.24, 2.45) is 10.7 Å². The second-order valence-corrected chi connectivity index (χ2v) is 9.70. The molecule has 1 aromatic carbocycles. The van der Waals surface area contributed by atoms with E-state index in [1.165, 1.54) is 6.21 Å². The van der Waals surface area contributed by atoms with Gasteiger partial charge in [0.2, 0.25) is 5.91 Å². The number of anilines is 1. The number of furan rings is 1. The van der Waals surface area contributed by atoms with E-state index >= 15 is 0 Å². The Hall–Kier alpha value is -3.56. The highest BCUT2D eigenvalue weighted by atomic mass is 35.5. The molecule has 3 heterocycles. The summed E-state index contributed by atoms with van der Waals surface area (Å²) in [5.41, 5.74) is 8.11. The minimum atomic E-state index is -0.637. The van der Waals surface area contributed by atoms with E-state index in [0.717, 1.165) is 37.5 Å². The van der Waals surface area contributed by atoms with Gasteiger partial charge in [-0.2, -0.15) is 0 Å². The number of nitrogens with one attached hydrogen (secondary N) is 3. The number of amidine groups is 2. The zero-order valence-electron chi connectivity index (χ0n) is 21.0. The summed E-state index contributed by atoms with van der Waals surface area (Å²) in [7, 11) is 0. The number of rotatable bonds is 3. The maximum Gasteiger partial charge on any atom is 0.220 e. The van der Waals surface area contributed by atoms with Crippen LogP contribution in [0.2, 0.25) is 5.02 Å². The molecule has 0 bridgehead atoms. The number of fused-ring (bicyclic) bond motifs is 1. The molecule has 1 aliphatic heterocycles. The molecule has 0 aliphatic carbocycles. The van der Waals surface area contributed by atoms with Crippen molar-refractivity contribution in [3.05, 3.63) is 75.0 Å². The molecule has 36 heavy (non-hydrogen) atoms. The zero-order chi connectivity index (χ0) is 27.0. The Bertz CT molecular complexity index is 1280. The molecule has 1 atom stereocenters. The molecule has 0 unspecified atom stereocenters. The minimum Gasteiger partial charge on any atom is -0.460 e. The van der Waals surface area contributed by atoms with Gasteiger partial charge in [-0.3, -0.25) is 25.5 Å². The second kappa shape index (κ2) is 12.9. The molecule has 10 heteroatoms. The van der Waals surface area contributed by atoms with E-state index in [-0.39, 0.29) is 18.1 Å². The number of carbonyl (C=O) groups excluding carboxylic acids is 1. The Balaban J connectivity index is 0.000000246. The molecule has 0 saturated heterocycles. The summed E-state index contributed by atoms with van der Waals surface area (Å²) < 4.78 is 4.99. The molecule has 0 spiro atoms. The van der Waals surface area contributed by atoms with Crippen molar-refractivity contribution < 1.29 is 9.21 Å². The molecular weight excluding hydrogens is 496 g/mol. The Morgan fingerprint density at radius 1 is 1.19 bits per heavy atom. The highest BCUT2D eigenvalue weighted by molar-refractivity contribution is 7.17. The van der Waals surface area contributed by atoms with Crippen molar-refractivity contribution in [3.63, 3.8) is 0 Å². The molecule has 2 aromatic heterocycles. The third-order valence-electron chi connectivity index (χ3n) is 5.20. The number of halogens is 1. The molecule has 1 amide bonds. The third kappa shape index (κ3) is 7.47. The molecule has 0 radical (unpaired) electrons. The lowest BCUT2D eigenvalue weighted by atomic mass is 10.1. The lowest BCUT2D eigenvalue weighted by Crippen LogP contribution is -2.41. The Morgan fingerprint density at radius 2 is 1.83 bits per heavy atom. The van der Waals surface area contributed by atoms with Crippen LogP contribution in [0.1, 0.15) is 47.8 Å². The van der Waals surface area contributed by atoms with Crippen molar-refractivity contribution in [3.8, 4) is 0 Å². The van der Waals surface area contributed by atoms with Gasteiger partial charge < -0.3 is 15.6 Å². The number of aliphatic imine (C=N–C) groups is 1. The molecular formula is C26H31ClN6O2S. The van der Waals surface area contributed by atoms with Gasteiger partial charge in [0.05, 0.1) is 12.6 Å². The first-order valence-corrected chi connectivity index (χ1v) is 12.3. The van der Waals surface area contributed by atoms with Crippen LogP contribution >= 0.6 is 22.9 Å². The van der Waals surface area contributed by atoms with E-state index in [1.54, 1.807) is 29.2 Å². The number of amides is 1. The van der Waals surface area contributed by atoms with E-state index in [0.29, 0.717) is 5.76 Å². The van der Waals surface area contributed by atoms with Gasteiger partial charge in [-0.15, -0.1) is 11.3 Å². The van der Waals surface area contributed by atoms with Crippen molar-refractivity contribution >= 4 is 57.4 Å². The predicted octanol–water partition coefficient (Wildman–Crippen LogP) is 6.14. The number of nitrogens with two attached hydrogens (primary N) is 1. The fourth-order valence-corrected chi connectivity index (χ4v) is 4.84. The highest BCUT2D eigenvalue weighted by Gasteiger charge is 2.32. The van der Waals surface area contributed by atoms with Crippen LogP contribution in [0.3, 0.4) is 0 Å². The molecule has 0 fully saturated rings. The largest absolute Gasteiger partial charge is 0.460 e. The Morgan fingerprint density at radius 3 is 2.25 bits per heavy atom. The molecule has 190 valence electrons. The van der Waals surface area contributed by atoms with Crippen LogP contribution in [0.4, 0.5) is 5.00 Å². The van der Waals surface area contributed by atoms with Crippen LogP contribution < -0.4 is 10.6 Å². The number of primary amides is 1. The van der Waals surface area contributed by atoms with E-state index in [2.05, 4.69) is 4.99 Å². The summed E-state index contributed by atoms with van der Waals surface area (Å²) in [6.07, 6.45) is 1.17. The van der Waals surface area contributed by atoms with Crippen LogP contribution in [0, 0.1) is 37.0 Å². The summed E-state index contributed by atoms with van der Waals surface area (Å²) >= 11 is 7.08. The Labute approximate surface area is 220 Å². The zero-order valence-corrected chi connectivity index (χ0v) is 22.6. The summed E-state index contributed by atoms with van der Waals surface area (Å²) in [5.74, 6) is 1.33. The highest BCUT2D eigenvalue weighted by Crippen LogP contribution is 2.38. The minimum absolute atomic E-state index is 0.0209. The first kappa shape index (κ1) is 28.7. The van der Waals surface area contributed by atoms with Crippen LogP contribution in [0.15, 0.2) is 51.9 Å². The van der Waals surface area contributed by atoms with Crippen molar-refractivity contribution in [1.82, 2.24) is 0 Å². The average Bonchev–Trinajstić information content (AvgIpc) is 3.33. The van der Waals surface area contributed by atoms with Crippen molar-refractivity contribution in [1.29, 1.82) is 16.2 Å². The number of nitrogens with zero attached hydrogens (tertiary/aromatic N) is 2. The van der Waals surface area contributed by atoms with E-state index in [4.69, 9.17) is 38.0 Å². The van der Waals surface area contributed by atoms with Gasteiger partial charge in [0, 0.05) is 21.2 Å². The van der Waals surface area contributed by atoms with Gasteiger partial charge in [0.15, 0.2) is 0 Å². The fraction of sp³-hybridized carbons (Fsp3) is 0.269.